The lowest BCUT2D eigenvalue weighted by Crippen LogP contribution is -2.19. The summed E-state index contributed by atoms with van der Waals surface area (Å²) in [5, 5.41) is 3.23. The lowest BCUT2D eigenvalue weighted by molar-refractivity contribution is 0.410. The van der Waals surface area contributed by atoms with E-state index in [1.165, 1.54) is 0 Å². The number of benzene rings is 1. The highest BCUT2D eigenvalue weighted by atomic mass is 16.5. The Morgan fingerprint density at radius 1 is 1.53 bits per heavy atom. The highest BCUT2D eigenvalue weighted by Crippen LogP contribution is 2.22. The molecule has 80 valence electrons. The lowest BCUT2D eigenvalue weighted by Gasteiger charge is -2.14. The standard InChI is InChI=1S/C13H17NO/c1-5-12(14-6-2)11-8-7-10(3)13(9-11)15-4/h1,7-9,12,14H,6H2,2-4H3. The van der Waals surface area contributed by atoms with Crippen molar-refractivity contribution < 1.29 is 4.74 Å². The van der Waals surface area contributed by atoms with E-state index >= 15 is 0 Å². The minimum Gasteiger partial charge on any atom is -0.496 e. The van der Waals surface area contributed by atoms with Crippen molar-refractivity contribution in [2.75, 3.05) is 13.7 Å². The van der Waals surface area contributed by atoms with Gasteiger partial charge in [-0.3, -0.25) is 0 Å². The zero-order valence-corrected chi connectivity index (χ0v) is 9.50. The number of hydrogen-bond donors (Lipinski definition) is 1. The fourth-order valence-electron chi connectivity index (χ4n) is 1.49. The molecule has 0 saturated carbocycles. The summed E-state index contributed by atoms with van der Waals surface area (Å²) in [5.74, 6) is 3.60. The van der Waals surface area contributed by atoms with E-state index in [1.54, 1.807) is 7.11 Å². The summed E-state index contributed by atoms with van der Waals surface area (Å²) in [6.07, 6.45) is 5.47. The SMILES string of the molecule is C#CC(NCC)c1ccc(C)c(OC)c1. The Morgan fingerprint density at radius 3 is 2.80 bits per heavy atom. The topological polar surface area (TPSA) is 21.3 Å². The Labute approximate surface area is 91.6 Å². The van der Waals surface area contributed by atoms with E-state index in [9.17, 15) is 0 Å². The van der Waals surface area contributed by atoms with Gasteiger partial charge in [0.25, 0.3) is 0 Å². The van der Waals surface area contributed by atoms with Crippen LogP contribution in [0.25, 0.3) is 0 Å². The van der Waals surface area contributed by atoms with Gasteiger partial charge in [0.2, 0.25) is 0 Å². The maximum Gasteiger partial charge on any atom is 0.122 e. The lowest BCUT2D eigenvalue weighted by atomic mass is 10.0. The molecule has 0 heterocycles. The highest BCUT2D eigenvalue weighted by Gasteiger charge is 2.08. The highest BCUT2D eigenvalue weighted by molar-refractivity contribution is 5.39. The summed E-state index contributed by atoms with van der Waals surface area (Å²) in [6.45, 7) is 4.90. The number of rotatable bonds is 4. The second kappa shape index (κ2) is 5.43. The molecular formula is C13H17NO. The van der Waals surface area contributed by atoms with Crippen LogP contribution in [0.15, 0.2) is 18.2 Å². The molecule has 2 nitrogen and oxygen atoms in total. The van der Waals surface area contributed by atoms with Crippen LogP contribution >= 0.6 is 0 Å². The molecule has 0 spiro atoms. The average Bonchev–Trinajstić information content (AvgIpc) is 2.27. The Morgan fingerprint density at radius 2 is 2.27 bits per heavy atom. The van der Waals surface area contributed by atoms with Crippen LogP contribution in [-0.2, 0) is 0 Å². The number of methoxy groups -OCH3 is 1. The Balaban J connectivity index is 2.99. The molecule has 0 aromatic heterocycles. The second-order valence-electron chi connectivity index (χ2n) is 3.39. The predicted molar refractivity (Wildman–Crippen MR) is 63.0 cm³/mol. The normalized spacial score (nSPS) is 11.9. The molecule has 1 aromatic rings. The van der Waals surface area contributed by atoms with Gasteiger partial charge in [0.1, 0.15) is 5.75 Å². The number of ether oxygens (including phenoxy) is 1. The van der Waals surface area contributed by atoms with Gasteiger partial charge >= 0.3 is 0 Å². The van der Waals surface area contributed by atoms with E-state index in [2.05, 4.69) is 11.2 Å². The van der Waals surface area contributed by atoms with Crippen molar-refractivity contribution in [1.29, 1.82) is 0 Å². The fraction of sp³-hybridized carbons (Fsp3) is 0.385. The third kappa shape index (κ3) is 2.74. The number of terminal acetylenes is 1. The first-order valence-electron chi connectivity index (χ1n) is 5.07. The fourth-order valence-corrected chi connectivity index (χ4v) is 1.49. The molecule has 2 heteroatoms. The maximum absolute atomic E-state index is 5.47. The molecule has 0 aliphatic rings. The van der Waals surface area contributed by atoms with E-state index in [-0.39, 0.29) is 6.04 Å². The van der Waals surface area contributed by atoms with Crippen LogP contribution in [0.4, 0.5) is 0 Å². The van der Waals surface area contributed by atoms with Crippen LogP contribution in [0.2, 0.25) is 0 Å². The van der Waals surface area contributed by atoms with Gasteiger partial charge in [0, 0.05) is 0 Å². The zero-order chi connectivity index (χ0) is 11.3. The van der Waals surface area contributed by atoms with Crippen molar-refractivity contribution in [1.82, 2.24) is 5.32 Å². The van der Waals surface area contributed by atoms with Crippen LogP contribution in [0.3, 0.4) is 0 Å². The van der Waals surface area contributed by atoms with E-state index in [0.717, 1.165) is 23.4 Å². The van der Waals surface area contributed by atoms with Crippen LogP contribution in [0.1, 0.15) is 24.1 Å². The van der Waals surface area contributed by atoms with Gasteiger partial charge in [-0.15, -0.1) is 6.42 Å². The number of hydrogen-bond acceptors (Lipinski definition) is 2. The first kappa shape index (κ1) is 11.6. The number of nitrogens with one attached hydrogen (secondary N) is 1. The van der Waals surface area contributed by atoms with Gasteiger partial charge in [-0.1, -0.05) is 25.0 Å². The summed E-state index contributed by atoms with van der Waals surface area (Å²) in [5.41, 5.74) is 2.19. The molecule has 0 amide bonds. The van der Waals surface area contributed by atoms with Gasteiger partial charge in [0.15, 0.2) is 0 Å². The molecule has 0 aliphatic carbocycles. The molecule has 0 aliphatic heterocycles. The van der Waals surface area contributed by atoms with Gasteiger partial charge < -0.3 is 10.1 Å². The molecule has 1 rings (SSSR count). The maximum atomic E-state index is 5.47. The average molecular weight is 203 g/mol. The molecule has 0 bridgehead atoms. The van der Waals surface area contributed by atoms with Gasteiger partial charge in [-0.05, 0) is 30.7 Å². The summed E-state index contributed by atoms with van der Waals surface area (Å²) in [6, 6.07) is 6.01. The van der Waals surface area contributed by atoms with E-state index in [4.69, 9.17) is 11.2 Å². The van der Waals surface area contributed by atoms with Crippen molar-refractivity contribution in [3.8, 4) is 18.1 Å². The zero-order valence-electron chi connectivity index (χ0n) is 9.50. The third-order valence-corrected chi connectivity index (χ3v) is 2.34. The van der Waals surface area contributed by atoms with E-state index in [1.807, 2.05) is 32.0 Å². The van der Waals surface area contributed by atoms with E-state index < -0.39 is 0 Å². The van der Waals surface area contributed by atoms with Crippen molar-refractivity contribution in [3.05, 3.63) is 29.3 Å². The predicted octanol–water partition coefficient (Wildman–Crippen LogP) is 2.29. The van der Waals surface area contributed by atoms with E-state index in [0.29, 0.717) is 0 Å². The molecule has 0 fully saturated rings. The largest absolute Gasteiger partial charge is 0.496 e. The van der Waals surface area contributed by atoms with Gasteiger partial charge in [-0.2, -0.15) is 0 Å². The Kier molecular flexibility index (Phi) is 4.20. The molecule has 15 heavy (non-hydrogen) atoms. The Hall–Kier alpha value is -1.46. The van der Waals surface area contributed by atoms with Crippen LogP contribution < -0.4 is 10.1 Å². The monoisotopic (exact) mass is 203 g/mol. The molecule has 1 aromatic carbocycles. The van der Waals surface area contributed by atoms with Gasteiger partial charge in [0.05, 0.1) is 13.2 Å². The molecular weight excluding hydrogens is 186 g/mol. The summed E-state index contributed by atoms with van der Waals surface area (Å²) >= 11 is 0. The van der Waals surface area contributed by atoms with Crippen LogP contribution in [0, 0.1) is 19.3 Å². The minimum atomic E-state index is -0.0375. The molecule has 0 radical (unpaired) electrons. The van der Waals surface area contributed by atoms with Crippen molar-refractivity contribution in [3.63, 3.8) is 0 Å². The van der Waals surface area contributed by atoms with Crippen molar-refractivity contribution in [2.45, 2.75) is 19.9 Å². The minimum absolute atomic E-state index is 0.0375. The molecule has 1 atom stereocenters. The molecule has 1 unspecified atom stereocenters. The second-order valence-corrected chi connectivity index (χ2v) is 3.39. The molecule has 0 saturated heterocycles. The quantitative estimate of drug-likeness (QED) is 0.758. The van der Waals surface area contributed by atoms with Crippen LogP contribution in [-0.4, -0.2) is 13.7 Å². The molecule has 1 N–H and O–H groups in total. The summed E-state index contributed by atoms with van der Waals surface area (Å²) in [7, 11) is 1.67. The summed E-state index contributed by atoms with van der Waals surface area (Å²) in [4.78, 5) is 0. The Bertz CT molecular complexity index is 365. The van der Waals surface area contributed by atoms with Crippen molar-refractivity contribution in [2.24, 2.45) is 0 Å². The summed E-state index contributed by atoms with van der Waals surface area (Å²) < 4.78 is 5.26. The number of aryl methyl sites for hydroxylation is 1. The van der Waals surface area contributed by atoms with Crippen LogP contribution in [0.5, 0.6) is 5.75 Å². The smallest absolute Gasteiger partial charge is 0.122 e. The third-order valence-electron chi connectivity index (χ3n) is 2.34. The van der Waals surface area contributed by atoms with Crippen molar-refractivity contribution >= 4 is 0 Å². The van der Waals surface area contributed by atoms with Gasteiger partial charge in [-0.25, -0.2) is 0 Å². The first-order valence-corrected chi connectivity index (χ1v) is 5.07. The first-order chi connectivity index (χ1) is 7.22.